The summed E-state index contributed by atoms with van der Waals surface area (Å²) in [4.78, 5) is 0. The molecule has 0 heterocycles. The lowest BCUT2D eigenvalue weighted by Gasteiger charge is -2.34. The third-order valence-electron chi connectivity index (χ3n) is 3.93. The molecule has 0 bridgehead atoms. The minimum Gasteiger partial charge on any atom is -0.327 e. The van der Waals surface area contributed by atoms with Gasteiger partial charge in [-0.25, -0.2) is 0 Å². The maximum atomic E-state index is 8.95. The summed E-state index contributed by atoms with van der Waals surface area (Å²) in [5.74, 6) is 0. The fraction of sp³-hybridized carbons (Fsp3) is 0.500. The zero-order valence-electron chi connectivity index (χ0n) is 9.74. The molecule has 1 aliphatic carbocycles. The van der Waals surface area contributed by atoms with E-state index in [1.54, 1.807) is 0 Å². The molecule has 0 radical (unpaired) electrons. The van der Waals surface area contributed by atoms with E-state index in [1.807, 2.05) is 18.2 Å². The Morgan fingerprint density at radius 3 is 2.62 bits per heavy atom. The van der Waals surface area contributed by atoms with E-state index in [-0.39, 0.29) is 11.5 Å². The van der Waals surface area contributed by atoms with Gasteiger partial charge in [-0.15, -0.1) is 0 Å². The molecule has 2 rings (SSSR count). The first-order valence-electron chi connectivity index (χ1n) is 5.95. The van der Waals surface area contributed by atoms with Crippen molar-refractivity contribution in [2.45, 2.75) is 44.1 Å². The van der Waals surface area contributed by atoms with Crippen LogP contribution in [0.15, 0.2) is 24.3 Å². The second-order valence-corrected chi connectivity index (χ2v) is 4.84. The molecule has 2 N–H and O–H groups in total. The van der Waals surface area contributed by atoms with Gasteiger partial charge in [0.25, 0.3) is 0 Å². The van der Waals surface area contributed by atoms with Crippen molar-refractivity contribution in [2.24, 2.45) is 5.73 Å². The van der Waals surface area contributed by atoms with E-state index in [9.17, 15) is 0 Å². The Balaban J connectivity index is 2.44. The second kappa shape index (κ2) is 4.27. The van der Waals surface area contributed by atoms with Crippen LogP contribution in [0, 0.1) is 11.3 Å². The number of hydrogen-bond donors (Lipinski definition) is 1. The lowest BCUT2D eigenvalue weighted by atomic mass is 9.73. The smallest absolute Gasteiger partial charge is 0.0991 e. The summed E-state index contributed by atoms with van der Waals surface area (Å²) in [6.45, 7) is 2.09. The standard InChI is InChI=1S/C14H18N2/c1-11(16)14(7-2-3-8-14)13-6-4-5-12(9-13)10-15/h4-6,9,11H,2-3,7-8,16H2,1H3. The van der Waals surface area contributed by atoms with Crippen LogP contribution in [0.5, 0.6) is 0 Å². The van der Waals surface area contributed by atoms with Crippen molar-refractivity contribution in [3.05, 3.63) is 35.4 Å². The van der Waals surface area contributed by atoms with E-state index >= 15 is 0 Å². The molecule has 2 nitrogen and oxygen atoms in total. The van der Waals surface area contributed by atoms with Crippen molar-refractivity contribution in [1.29, 1.82) is 5.26 Å². The molecule has 2 heteroatoms. The quantitative estimate of drug-likeness (QED) is 0.823. The molecule has 1 aromatic rings. The Hall–Kier alpha value is -1.33. The maximum Gasteiger partial charge on any atom is 0.0991 e. The van der Waals surface area contributed by atoms with Gasteiger partial charge in [0, 0.05) is 11.5 Å². The molecular weight excluding hydrogens is 196 g/mol. The third-order valence-corrected chi connectivity index (χ3v) is 3.93. The molecule has 1 unspecified atom stereocenters. The zero-order valence-corrected chi connectivity index (χ0v) is 9.74. The molecule has 0 amide bonds. The summed E-state index contributed by atoms with van der Waals surface area (Å²) in [6.07, 6.45) is 4.80. The van der Waals surface area contributed by atoms with Crippen molar-refractivity contribution in [2.75, 3.05) is 0 Å². The van der Waals surface area contributed by atoms with Crippen LogP contribution in [0.1, 0.15) is 43.7 Å². The van der Waals surface area contributed by atoms with Crippen LogP contribution in [0.3, 0.4) is 0 Å². The minimum atomic E-state index is 0.104. The SMILES string of the molecule is CC(N)C1(c2cccc(C#N)c2)CCCC1. The van der Waals surface area contributed by atoms with Gasteiger partial charge >= 0.3 is 0 Å². The molecule has 1 saturated carbocycles. The number of nitriles is 1. The first-order valence-corrected chi connectivity index (χ1v) is 5.95. The topological polar surface area (TPSA) is 49.8 Å². The lowest BCUT2D eigenvalue weighted by molar-refractivity contribution is 0.368. The third kappa shape index (κ3) is 1.72. The monoisotopic (exact) mass is 214 g/mol. The van der Waals surface area contributed by atoms with Gasteiger partial charge in [-0.1, -0.05) is 25.0 Å². The Morgan fingerprint density at radius 1 is 1.38 bits per heavy atom. The molecule has 84 valence electrons. The fourth-order valence-electron chi connectivity index (χ4n) is 2.91. The summed E-state index contributed by atoms with van der Waals surface area (Å²) >= 11 is 0. The molecule has 1 fully saturated rings. The van der Waals surface area contributed by atoms with Crippen molar-refractivity contribution in [3.8, 4) is 6.07 Å². The number of hydrogen-bond acceptors (Lipinski definition) is 2. The molecule has 1 aliphatic rings. The molecule has 0 aliphatic heterocycles. The molecule has 0 aromatic heterocycles. The first-order chi connectivity index (χ1) is 7.69. The highest BCUT2D eigenvalue weighted by molar-refractivity contribution is 5.38. The number of benzene rings is 1. The predicted molar refractivity (Wildman–Crippen MR) is 65.0 cm³/mol. The zero-order chi connectivity index (χ0) is 11.6. The van der Waals surface area contributed by atoms with Crippen LogP contribution in [-0.4, -0.2) is 6.04 Å². The van der Waals surface area contributed by atoms with Gasteiger partial charge in [0.05, 0.1) is 11.6 Å². The number of nitrogens with two attached hydrogens (primary N) is 1. The van der Waals surface area contributed by atoms with Crippen molar-refractivity contribution < 1.29 is 0 Å². The number of rotatable bonds is 2. The van der Waals surface area contributed by atoms with Crippen molar-refractivity contribution >= 4 is 0 Å². The first kappa shape index (κ1) is 11.2. The van der Waals surface area contributed by atoms with E-state index in [1.165, 1.54) is 18.4 Å². The summed E-state index contributed by atoms with van der Waals surface area (Å²) in [6, 6.07) is 10.3. The van der Waals surface area contributed by atoms with Gasteiger partial charge in [0.2, 0.25) is 0 Å². The van der Waals surface area contributed by atoms with Crippen LogP contribution in [0.25, 0.3) is 0 Å². The van der Waals surface area contributed by atoms with Gasteiger partial charge < -0.3 is 5.73 Å². The van der Waals surface area contributed by atoms with Gasteiger partial charge in [-0.05, 0) is 37.5 Å². The van der Waals surface area contributed by atoms with E-state index in [0.29, 0.717) is 0 Å². The van der Waals surface area contributed by atoms with E-state index in [4.69, 9.17) is 11.0 Å². The average Bonchev–Trinajstić information content (AvgIpc) is 2.79. The molecule has 0 saturated heterocycles. The highest BCUT2D eigenvalue weighted by atomic mass is 14.7. The Kier molecular flexibility index (Phi) is 2.98. The van der Waals surface area contributed by atoms with Crippen LogP contribution in [0.4, 0.5) is 0 Å². The maximum absolute atomic E-state index is 8.95. The van der Waals surface area contributed by atoms with Gasteiger partial charge in [0.1, 0.15) is 0 Å². The molecule has 16 heavy (non-hydrogen) atoms. The Bertz CT molecular complexity index is 409. The van der Waals surface area contributed by atoms with Crippen LogP contribution < -0.4 is 5.73 Å². The molecule has 1 atom stereocenters. The van der Waals surface area contributed by atoms with E-state index in [2.05, 4.69) is 19.1 Å². The van der Waals surface area contributed by atoms with Crippen molar-refractivity contribution in [3.63, 3.8) is 0 Å². The summed E-state index contributed by atoms with van der Waals surface area (Å²) in [7, 11) is 0. The highest BCUT2D eigenvalue weighted by Crippen LogP contribution is 2.43. The Labute approximate surface area is 97.1 Å². The normalized spacial score (nSPS) is 20.3. The van der Waals surface area contributed by atoms with E-state index < -0.39 is 0 Å². The molecular formula is C14H18N2. The van der Waals surface area contributed by atoms with Gasteiger partial charge in [-0.2, -0.15) is 5.26 Å². The summed E-state index contributed by atoms with van der Waals surface area (Å²) in [5.41, 5.74) is 8.27. The average molecular weight is 214 g/mol. The van der Waals surface area contributed by atoms with Crippen molar-refractivity contribution in [1.82, 2.24) is 0 Å². The van der Waals surface area contributed by atoms with E-state index in [0.717, 1.165) is 18.4 Å². The van der Waals surface area contributed by atoms with Gasteiger partial charge in [-0.3, -0.25) is 0 Å². The highest BCUT2D eigenvalue weighted by Gasteiger charge is 2.38. The predicted octanol–water partition coefficient (Wildman–Crippen LogP) is 2.72. The lowest BCUT2D eigenvalue weighted by Crippen LogP contribution is -2.41. The second-order valence-electron chi connectivity index (χ2n) is 4.84. The summed E-state index contributed by atoms with van der Waals surface area (Å²) < 4.78 is 0. The minimum absolute atomic E-state index is 0.104. The molecule has 0 spiro atoms. The van der Waals surface area contributed by atoms with Crippen LogP contribution >= 0.6 is 0 Å². The van der Waals surface area contributed by atoms with Crippen LogP contribution in [0.2, 0.25) is 0 Å². The largest absolute Gasteiger partial charge is 0.327 e. The fourth-order valence-corrected chi connectivity index (χ4v) is 2.91. The number of nitrogens with zero attached hydrogens (tertiary/aromatic N) is 1. The summed E-state index contributed by atoms with van der Waals surface area (Å²) in [5, 5.41) is 8.95. The molecule has 1 aromatic carbocycles. The van der Waals surface area contributed by atoms with Gasteiger partial charge in [0.15, 0.2) is 0 Å². The Morgan fingerprint density at radius 2 is 2.06 bits per heavy atom. The van der Waals surface area contributed by atoms with Crippen LogP contribution in [-0.2, 0) is 5.41 Å².